The number of benzene rings is 2. The predicted octanol–water partition coefficient (Wildman–Crippen LogP) is 3.91. The molecular formula is C19H19BrFN3O3. The topological polar surface area (TPSA) is 70.7 Å². The summed E-state index contributed by atoms with van der Waals surface area (Å²) in [6.45, 7) is 2.82. The number of anilines is 2. The van der Waals surface area contributed by atoms with Crippen LogP contribution in [0.4, 0.5) is 20.6 Å². The number of hydrogen-bond acceptors (Lipinski definition) is 3. The lowest BCUT2D eigenvalue weighted by molar-refractivity contribution is -0.117. The highest BCUT2D eigenvalue weighted by Gasteiger charge is 2.31. The molecule has 1 fully saturated rings. The maximum absolute atomic E-state index is 13.8. The van der Waals surface area contributed by atoms with Crippen LogP contribution < -0.4 is 20.3 Å². The normalized spacial score (nSPS) is 16.3. The molecule has 2 N–H and O–H groups in total. The molecule has 0 radical (unpaired) electrons. The van der Waals surface area contributed by atoms with Gasteiger partial charge in [0.05, 0.1) is 18.3 Å². The van der Waals surface area contributed by atoms with Crippen molar-refractivity contribution in [2.24, 2.45) is 0 Å². The fraction of sp³-hybridized carbons (Fsp3) is 0.263. The van der Waals surface area contributed by atoms with Gasteiger partial charge < -0.3 is 20.3 Å². The Labute approximate surface area is 164 Å². The van der Waals surface area contributed by atoms with Crippen molar-refractivity contribution in [2.75, 3.05) is 23.4 Å². The molecule has 2 aromatic rings. The third-order valence-electron chi connectivity index (χ3n) is 4.10. The quantitative estimate of drug-likeness (QED) is 0.747. The Morgan fingerprint density at radius 2 is 2.04 bits per heavy atom. The molecular weight excluding hydrogens is 417 g/mol. The zero-order valence-corrected chi connectivity index (χ0v) is 16.3. The van der Waals surface area contributed by atoms with Gasteiger partial charge in [0.1, 0.15) is 11.6 Å². The van der Waals surface area contributed by atoms with Crippen LogP contribution in [0, 0.1) is 5.82 Å². The standard InChI is InChI=1S/C19H19BrFN3O3/c1-2-27-15-6-4-14(5-7-15)24-11-13(10-18(24)25)22-19(26)23-17-8-3-12(20)9-16(17)21/h3-9,13H,2,10-11H2,1H3,(H2,22,23,26)/t13-/m1/s1. The van der Waals surface area contributed by atoms with E-state index in [4.69, 9.17) is 4.74 Å². The van der Waals surface area contributed by atoms with Gasteiger partial charge in [-0.05, 0) is 49.4 Å². The average Bonchev–Trinajstić information content (AvgIpc) is 2.98. The van der Waals surface area contributed by atoms with E-state index in [1.165, 1.54) is 12.1 Å². The van der Waals surface area contributed by atoms with Gasteiger partial charge in [0.25, 0.3) is 0 Å². The van der Waals surface area contributed by atoms with E-state index < -0.39 is 11.8 Å². The molecule has 0 saturated carbocycles. The molecule has 1 heterocycles. The molecule has 3 amide bonds. The average molecular weight is 436 g/mol. The first-order valence-corrected chi connectivity index (χ1v) is 9.31. The second-order valence-electron chi connectivity index (χ2n) is 6.05. The van der Waals surface area contributed by atoms with Crippen LogP contribution in [0.3, 0.4) is 0 Å². The van der Waals surface area contributed by atoms with Crippen molar-refractivity contribution in [3.8, 4) is 5.75 Å². The molecule has 1 aliphatic rings. The van der Waals surface area contributed by atoms with Crippen molar-refractivity contribution in [3.63, 3.8) is 0 Å². The van der Waals surface area contributed by atoms with Gasteiger partial charge in [-0.2, -0.15) is 0 Å². The Balaban J connectivity index is 1.59. The summed E-state index contributed by atoms with van der Waals surface area (Å²) in [7, 11) is 0. The van der Waals surface area contributed by atoms with Crippen LogP contribution in [-0.4, -0.2) is 31.1 Å². The Morgan fingerprint density at radius 3 is 2.70 bits per heavy atom. The summed E-state index contributed by atoms with van der Waals surface area (Å²) < 4.78 is 19.8. The van der Waals surface area contributed by atoms with Gasteiger partial charge in [0, 0.05) is 23.1 Å². The first kappa shape index (κ1) is 19.2. The van der Waals surface area contributed by atoms with Gasteiger partial charge in [0.2, 0.25) is 5.91 Å². The zero-order valence-electron chi connectivity index (χ0n) is 14.7. The van der Waals surface area contributed by atoms with Crippen molar-refractivity contribution in [3.05, 3.63) is 52.8 Å². The molecule has 0 spiro atoms. The lowest BCUT2D eigenvalue weighted by Crippen LogP contribution is -2.39. The van der Waals surface area contributed by atoms with Crippen molar-refractivity contribution in [1.29, 1.82) is 0 Å². The number of amides is 3. The fourth-order valence-corrected chi connectivity index (χ4v) is 3.21. The van der Waals surface area contributed by atoms with Crippen molar-refractivity contribution in [1.82, 2.24) is 5.32 Å². The molecule has 1 atom stereocenters. The number of nitrogens with zero attached hydrogens (tertiary/aromatic N) is 1. The Hall–Kier alpha value is -2.61. The lowest BCUT2D eigenvalue weighted by Gasteiger charge is -2.18. The van der Waals surface area contributed by atoms with Crippen LogP contribution in [0.2, 0.25) is 0 Å². The maximum atomic E-state index is 13.8. The summed E-state index contributed by atoms with van der Waals surface area (Å²) in [5, 5.41) is 5.18. The Kier molecular flexibility index (Phi) is 5.95. The fourth-order valence-electron chi connectivity index (χ4n) is 2.88. The van der Waals surface area contributed by atoms with Crippen LogP contribution in [0.15, 0.2) is 46.9 Å². The van der Waals surface area contributed by atoms with E-state index in [2.05, 4.69) is 26.6 Å². The van der Waals surface area contributed by atoms with Gasteiger partial charge in [0.15, 0.2) is 0 Å². The maximum Gasteiger partial charge on any atom is 0.319 e. The highest BCUT2D eigenvalue weighted by Crippen LogP contribution is 2.24. The zero-order chi connectivity index (χ0) is 19.4. The molecule has 27 heavy (non-hydrogen) atoms. The van der Waals surface area contributed by atoms with Gasteiger partial charge in [-0.1, -0.05) is 15.9 Å². The highest BCUT2D eigenvalue weighted by molar-refractivity contribution is 9.10. The van der Waals surface area contributed by atoms with Crippen molar-refractivity contribution >= 4 is 39.2 Å². The number of nitrogens with one attached hydrogen (secondary N) is 2. The summed E-state index contributed by atoms with van der Waals surface area (Å²) in [5.74, 6) is 0.107. The number of carbonyl (C=O) groups is 2. The highest BCUT2D eigenvalue weighted by atomic mass is 79.9. The lowest BCUT2D eigenvalue weighted by atomic mass is 10.2. The molecule has 142 valence electrons. The Bertz CT molecular complexity index is 845. The number of ether oxygens (including phenoxy) is 1. The van der Waals surface area contributed by atoms with Gasteiger partial charge in [-0.15, -0.1) is 0 Å². The number of hydrogen-bond donors (Lipinski definition) is 2. The number of carbonyl (C=O) groups excluding carboxylic acids is 2. The molecule has 1 aliphatic heterocycles. The van der Waals surface area contributed by atoms with Crippen LogP contribution in [0.1, 0.15) is 13.3 Å². The minimum Gasteiger partial charge on any atom is -0.494 e. The molecule has 8 heteroatoms. The second kappa shape index (κ2) is 8.39. The first-order valence-electron chi connectivity index (χ1n) is 8.52. The van der Waals surface area contributed by atoms with E-state index >= 15 is 0 Å². The minimum absolute atomic E-state index is 0.0726. The third kappa shape index (κ3) is 4.77. The van der Waals surface area contributed by atoms with E-state index in [-0.39, 0.29) is 24.1 Å². The molecule has 6 nitrogen and oxygen atoms in total. The monoisotopic (exact) mass is 435 g/mol. The molecule has 0 bridgehead atoms. The number of rotatable bonds is 5. The van der Waals surface area contributed by atoms with Gasteiger partial charge in [-0.3, -0.25) is 4.79 Å². The van der Waals surface area contributed by atoms with E-state index in [1.807, 2.05) is 19.1 Å². The molecule has 0 aliphatic carbocycles. The van der Waals surface area contributed by atoms with Crippen molar-refractivity contribution < 1.29 is 18.7 Å². The Morgan fingerprint density at radius 1 is 1.30 bits per heavy atom. The molecule has 0 unspecified atom stereocenters. The number of halogens is 2. The largest absolute Gasteiger partial charge is 0.494 e. The van der Waals surface area contributed by atoms with Crippen LogP contribution >= 0.6 is 15.9 Å². The van der Waals surface area contributed by atoms with E-state index in [1.54, 1.807) is 23.1 Å². The van der Waals surface area contributed by atoms with Crippen molar-refractivity contribution in [2.45, 2.75) is 19.4 Å². The SMILES string of the molecule is CCOc1ccc(N2C[C@H](NC(=O)Nc3ccc(Br)cc3F)CC2=O)cc1. The summed E-state index contributed by atoms with van der Waals surface area (Å²) in [5.41, 5.74) is 0.815. The first-order chi connectivity index (χ1) is 13.0. The summed E-state index contributed by atoms with van der Waals surface area (Å²) >= 11 is 3.16. The minimum atomic E-state index is -0.553. The van der Waals surface area contributed by atoms with Gasteiger partial charge in [-0.25, -0.2) is 9.18 Å². The summed E-state index contributed by atoms with van der Waals surface area (Å²) in [6.07, 6.45) is 0.184. The second-order valence-corrected chi connectivity index (χ2v) is 6.97. The van der Waals surface area contributed by atoms with Crippen LogP contribution in [0.5, 0.6) is 5.75 Å². The van der Waals surface area contributed by atoms with Gasteiger partial charge >= 0.3 is 6.03 Å². The molecule has 2 aromatic carbocycles. The summed E-state index contributed by atoms with van der Waals surface area (Å²) in [4.78, 5) is 26.0. The molecule has 3 rings (SSSR count). The molecule has 0 aromatic heterocycles. The predicted molar refractivity (Wildman–Crippen MR) is 105 cm³/mol. The van der Waals surface area contributed by atoms with E-state index in [0.717, 1.165) is 11.4 Å². The van der Waals surface area contributed by atoms with Crippen LogP contribution in [-0.2, 0) is 4.79 Å². The van der Waals surface area contributed by atoms with E-state index in [9.17, 15) is 14.0 Å². The molecule has 1 saturated heterocycles. The van der Waals surface area contributed by atoms with Crippen LogP contribution in [0.25, 0.3) is 0 Å². The smallest absolute Gasteiger partial charge is 0.319 e. The summed E-state index contributed by atoms with van der Waals surface area (Å²) in [6, 6.07) is 10.7. The number of urea groups is 1. The van der Waals surface area contributed by atoms with E-state index in [0.29, 0.717) is 17.6 Å². The third-order valence-corrected chi connectivity index (χ3v) is 4.59.